The second-order valence-corrected chi connectivity index (χ2v) is 18.4. The molecule has 1 saturated carbocycles. The summed E-state index contributed by atoms with van der Waals surface area (Å²) < 4.78 is 0. The van der Waals surface area contributed by atoms with Gasteiger partial charge in [0.1, 0.15) is 0 Å². The number of aryl methyl sites for hydroxylation is 2. The lowest BCUT2D eigenvalue weighted by Crippen LogP contribution is -2.44. The van der Waals surface area contributed by atoms with Gasteiger partial charge in [0.25, 0.3) is 0 Å². The topological polar surface area (TPSA) is 13.0 Å². The molecule has 4 unspecified atom stereocenters. The van der Waals surface area contributed by atoms with Crippen LogP contribution < -0.4 is 19.6 Å². The average molecular weight is 845 g/mol. The molecule has 1 aliphatic heterocycles. The zero-order valence-electron chi connectivity index (χ0n) is 37.6. The van der Waals surface area contributed by atoms with E-state index in [9.17, 15) is 0 Å². The number of fused-ring (bicyclic) bond motifs is 4. The highest BCUT2D eigenvalue weighted by molar-refractivity contribution is 5.99. The number of anilines is 9. The van der Waals surface area contributed by atoms with Crippen LogP contribution in [0.25, 0.3) is 10.8 Å². The van der Waals surface area contributed by atoms with Gasteiger partial charge in [-0.3, -0.25) is 0 Å². The van der Waals surface area contributed by atoms with Crippen LogP contribution in [0.3, 0.4) is 0 Å². The van der Waals surface area contributed by atoms with Gasteiger partial charge in [0, 0.05) is 74.6 Å². The van der Waals surface area contributed by atoms with Crippen molar-refractivity contribution in [3.63, 3.8) is 0 Å². The molecule has 2 aliphatic carbocycles. The molecule has 1 fully saturated rings. The molecular weight excluding hydrogens is 789 g/mol. The Labute approximate surface area is 385 Å². The van der Waals surface area contributed by atoms with Crippen LogP contribution in [0.2, 0.25) is 0 Å². The Kier molecular flexibility index (Phi) is 10.8. The molecule has 0 radical (unpaired) electrons. The summed E-state index contributed by atoms with van der Waals surface area (Å²) in [6.45, 7) is 6.72. The number of allylic oxidation sites excluding steroid dienone is 3. The molecule has 8 aromatic rings. The maximum atomic E-state index is 2.71. The van der Waals surface area contributed by atoms with Crippen LogP contribution in [0.1, 0.15) is 55.2 Å². The standard InChI is InChI=1S/C61H56N4/c1-43-16-12-25-51(38-43)62(47-21-6-4-7-22-47)54-34-36-57-58-37-35-55(63(52-26-13-17-44(2)39-52)53-27-14-18-45(3)40-53)42-61(58)65(60(57)41-54)50-32-30-49(31-33-50)64(48-23-8-5-9-24-48)59-29-15-20-46-19-10-11-28-56(46)59/h4-17,19-33,35,37-40,42,45,54,57,60H,18,34,36,41H2,1-3H3. The van der Waals surface area contributed by atoms with Crippen molar-refractivity contribution in [3.05, 3.63) is 235 Å². The van der Waals surface area contributed by atoms with E-state index >= 15 is 0 Å². The van der Waals surface area contributed by atoms with Gasteiger partial charge >= 0.3 is 0 Å². The Bertz CT molecular complexity index is 3020. The molecule has 0 amide bonds. The third kappa shape index (κ3) is 7.78. The van der Waals surface area contributed by atoms with Crippen LogP contribution >= 0.6 is 0 Å². The maximum Gasteiger partial charge on any atom is 0.0540 e. The van der Waals surface area contributed by atoms with E-state index in [0.29, 0.717) is 17.9 Å². The molecule has 1 heterocycles. The highest BCUT2D eigenvalue weighted by Gasteiger charge is 2.45. The monoisotopic (exact) mass is 844 g/mol. The smallest absolute Gasteiger partial charge is 0.0540 e. The molecule has 3 aliphatic rings. The summed E-state index contributed by atoms with van der Waals surface area (Å²) in [6.07, 6.45) is 11.4. The summed E-state index contributed by atoms with van der Waals surface area (Å²) in [5, 5.41) is 2.46. The van der Waals surface area contributed by atoms with Crippen LogP contribution in [0.15, 0.2) is 218 Å². The second-order valence-electron chi connectivity index (χ2n) is 18.4. The molecule has 4 atom stereocenters. The third-order valence-corrected chi connectivity index (χ3v) is 13.9. The van der Waals surface area contributed by atoms with Crippen LogP contribution in [-0.2, 0) is 0 Å². The Morgan fingerprint density at radius 1 is 0.523 bits per heavy atom. The minimum atomic E-state index is 0.269. The van der Waals surface area contributed by atoms with Crippen LogP contribution in [0.4, 0.5) is 51.2 Å². The minimum absolute atomic E-state index is 0.269. The summed E-state index contributed by atoms with van der Waals surface area (Å²) >= 11 is 0. The van der Waals surface area contributed by atoms with Gasteiger partial charge < -0.3 is 19.6 Å². The van der Waals surface area contributed by atoms with E-state index in [-0.39, 0.29) is 6.04 Å². The van der Waals surface area contributed by atoms with Crippen LogP contribution in [0.5, 0.6) is 0 Å². The van der Waals surface area contributed by atoms with Gasteiger partial charge in [-0.15, -0.1) is 0 Å². The zero-order chi connectivity index (χ0) is 43.9. The molecule has 8 aromatic carbocycles. The van der Waals surface area contributed by atoms with E-state index in [4.69, 9.17) is 0 Å². The van der Waals surface area contributed by atoms with Crippen LogP contribution in [-0.4, -0.2) is 12.1 Å². The minimum Gasteiger partial charge on any atom is -0.338 e. The molecule has 11 rings (SSSR count). The van der Waals surface area contributed by atoms with Gasteiger partial charge in [-0.1, -0.05) is 122 Å². The maximum absolute atomic E-state index is 2.71. The SMILES string of the molecule is Cc1cccc(N(C2=CC(C)CC=C2)c2ccc3c(c2)N(c2ccc(N(c4ccccc4)c4cccc5ccccc45)cc2)C2CC(N(c4ccccc4)c4cccc(C)c4)CCC32)c1. The molecule has 4 nitrogen and oxygen atoms in total. The lowest BCUT2D eigenvalue weighted by atomic mass is 9.79. The Hall–Kier alpha value is -7.30. The molecule has 4 heteroatoms. The van der Waals surface area contributed by atoms with Gasteiger partial charge in [-0.05, 0) is 165 Å². The lowest BCUT2D eigenvalue weighted by Gasteiger charge is -2.43. The predicted octanol–water partition coefficient (Wildman–Crippen LogP) is 16.5. The second kappa shape index (κ2) is 17.3. The fraction of sp³-hybridized carbons (Fsp3) is 0.180. The fourth-order valence-electron chi connectivity index (χ4n) is 11.0. The van der Waals surface area contributed by atoms with Crippen molar-refractivity contribution in [1.82, 2.24) is 0 Å². The predicted molar refractivity (Wildman–Crippen MR) is 275 cm³/mol. The molecule has 0 bridgehead atoms. The Morgan fingerprint density at radius 3 is 1.89 bits per heavy atom. The van der Waals surface area contributed by atoms with Crippen molar-refractivity contribution in [1.29, 1.82) is 0 Å². The highest BCUT2D eigenvalue weighted by Crippen LogP contribution is 2.54. The number of hydrogen-bond acceptors (Lipinski definition) is 4. The number of nitrogens with zero attached hydrogens (tertiary/aromatic N) is 4. The number of benzene rings is 8. The molecule has 0 saturated heterocycles. The summed E-state index contributed by atoms with van der Waals surface area (Å²) in [5.74, 6) is 0.875. The van der Waals surface area contributed by atoms with E-state index in [2.05, 4.69) is 253 Å². The molecular formula is C61H56N4. The molecule has 0 aromatic heterocycles. The summed E-state index contributed by atoms with van der Waals surface area (Å²) in [4.78, 5) is 10.2. The van der Waals surface area contributed by atoms with Gasteiger partial charge in [-0.2, -0.15) is 0 Å². The molecule has 320 valence electrons. The summed E-state index contributed by atoms with van der Waals surface area (Å²) in [7, 11) is 0. The number of para-hydroxylation sites is 2. The quantitative estimate of drug-likeness (QED) is 0.136. The number of hydrogen-bond donors (Lipinski definition) is 0. The van der Waals surface area contributed by atoms with E-state index in [1.54, 1.807) is 0 Å². The zero-order valence-corrected chi connectivity index (χ0v) is 37.6. The first-order valence-corrected chi connectivity index (χ1v) is 23.5. The largest absolute Gasteiger partial charge is 0.338 e. The third-order valence-electron chi connectivity index (χ3n) is 13.9. The van der Waals surface area contributed by atoms with E-state index in [0.717, 1.165) is 37.1 Å². The molecule has 0 N–H and O–H groups in total. The molecule has 65 heavy (non-hydrogen) atoms. The van der Waals surface area contributed by atoms with Crippen molar-refractivity contribution in [2.75, 3.05) is 19.6 Å². The Morgan fingerprint density at radius 2 is 1.14 bits per heavy atom. The fourth-order valence-corrected chi connectivity index (χ4v) is 11.0. The van der Waals surface area contributed by atoms with Crippen molar-refractivity contribution in [2.24, 2.45) is 5.92 Å². The molecule has 0 spiro atoms. The van der Waals surface area contributed by atoms with Gasteiger partial charge in [0.2, 0.25) is 0 Å². The van der Waals surface area contributed by atoms with Gasteiger partial charge in [0.15, 0.2) is 0 Å². The van der Waals surface area contributed by atoms with E-state index in [1.807, 2.05) is 0 Å². The highest BCUT2D eigenvalue weighted by atomic mass is 15.2. The summed E-state index contributed by atoms with van der Waals surface area (Å²) in [5.41, 5.74) is 16.1. The number of rotatable bonds is 10. The van der Waals surface area contributed by atoms with E-state index in [1.165, 1.54) is 73.0 Å². The Balaban J connectivity index is 1.04. The average Bonchev–Trinajstić information content (AvgIpc) is 3.66. The first-order valence-electron chi connectivity index (χ1n) is 23.5. The van der Waals surface area contributed by atoms with Crippen molar-refractivity contribution >= 4 is 62.0 Å². The van der Waals surface area contributed by atoms with E-state index < -0.39 is 0 Å². The van der Waals surface area contributed by atoms with Crippen molar-refractivity contribution in [3.8, 4) is 0 Å². The van der Waals surface area contributed by atoms with Crippen molar-refractivity contribution < 1.29 is 0 Å². The summed E-state index contributed by atoms with van der Waals surface area (Å²) in [6, 6.07) is 72.6. The van der Waals surface area contributed by atoms with Crippen LogP contribution in [0, 0.1) is 19.8 Å². The van der Waals surface area contributed by atoms with Gasteiger partial charge in [0.05, 0.1) is 5.69 Å². The van der Waals surface area contributed by atoms with Gasteiger partial charge in [-0.25, -0.2) is 0 Å². The first-order chi connectivity index (χ1) is 32.0. The first kappa shape index (κ1) is 40.5. The van der Waals surface area contributed by atoms with Crippen molar-refractivity contribution in [2.45, 2.75) is 64.5 Å². The normalized spacial score (nSPS) is 18.8. The lowest BCUT2D eigenvalue weighted by molar-refractivity contribution is 0.358.